The summed E-state index contributed by atoms with van der Waals surface area (Å²) in [6.07, 6.45) is 1.39. The molecular formula is C8H13NO4. The van der Waals surface area contributed by atoms with E-state index in [1.54, 1.807) is 0 Å². The minimum atomic E-state index is -0.988. The second-order valence-corrected chi connectivity index (χ2v) is 3.31. The molecule has 1 atom stereocenters. The maximum atomic E-state index is 10.9. The minimum absolute atomic E-state index is 0.0979. The molecule has 5 nitrogen and oxygen atoms in total. The number of hydrogen-bond acceptors (Lipinski definition) is 3. The molecule has 0 amide bonds. The molecule has 0 aromatic rings. The summed E-state index contributed by atoms with van der Waals surface area (Å²) in [6.45, 7) is 0.659. The Morgan fingerprint density at radius 1 is 1.38 bits per heavy atom. The Balaban J connectivity index is 2.57. The van der Waals surface area contributed by atoms with Gasteiger partial charge in [-0.2, -0.15) is 0 Å². The van der Waals surface area contributed by atoms with E-state index in [4.69, 9.17) is 10.2 Å². The Hall–Kier alpha value is -1.10. The molecule has 1 unspecified atom stereocenters. The van der Waals surface area contributed by atoms with Crippen LogP contribution in [-0.4, -0.2) is 34.2 Å². The van der Waals surface area contributed by atoms with Crippen LogP contribution in [0.25, 0.3) is 0 Å². The number of carboxylic acid groups (broad SMARTS) is 2. The summed E-state index contributed by atoms with van der Waals surface area (Å²) >= 11 is 0. The van der Waals surface area contributed by atoms with Gasteiger partial charge < -0.3 is 15.5 Å². The van der Waals surface area contributed by atoms with Crippen LogP contribution in [0.2, 0.25) is 0 Å². The number of nitrogens with one attached hydrogen (secondary N) is 1. The van der Waals surface area contributed by atoms with Gasteiger partial charge >= 0.3 is 11.9 Å². The topological polar surface area (TPSA) is 86.6 Å². The third-order valence-electron chi connectivity index (χ3n) is 2.42. The molecule has 0 bridgehead atoms. The third kappa shape index (κ3) is 2.18. The van der Waals surface area contributed by atoms with Crippen molar-refractivity contribution in [3.05, 3.63) is 0 Å². The van der Waals surface area contributed by atoms with Gasteiger partial charge in [-0.05, 0) is 25.8 Å². The van der Waals surface area contributed by atoms with Crippen molar-refractivity contribution in [2.24, 2.45) is 0 Å². The molecule has 3 N–H and O–H groups in total. The van der Waals surface area contributed by atoms with Crippen LogP contribution in [0.5, 0.6) is 0 Å². The Kier molecular flexibility index (Phi) is 2.87. The van der Waals surface area contributed by atoms with Gasteiger partial charge in [-0.25, -0.2) is 0 Å². The van der Waals surface area contributed by atoms with E-state index in [1.807, 2.05) is 0 Å². The van der Waals surface area contributed by atoms with Crippen LogP contribution >= 0.6 is 0 Å². The van der Waals surface area contributed by atoms with Gasteiger partial charge in [0.25, 0.3) is 0 Å². The molecule has 1 aliphatic heterocycles. The highest BCUT2D eigenvalue weighted by molar-refractivity contribution is 5.80. The van der Waals surface area contributed by atoms with Crippen molar-refractivity contribution in [3.8, 4) is 0 Å². The van der Waals surface area contributed by atoms with Gasteiger partial charge in [-0.15, -0.1) is 0 Å². The van der Waals surface area contributed by atoms with Crippen LogP contribution in [0.1, 0.15) is 25.7 Å². The van der Waals surface area contributed by atoms with Crippen LogP contribution < -0.4 is 5.32 Å². The lowest BCUT2D eigenvalue weighted by Crippen LogP contribution is -2.47. The van der Waals surface area contributed by atoms with Gasteiger partial charge in [0, 0.05) is 6.42 Å². The first kappa shape index (κ1) is 9.98. The van der Waals surface area contributed by atoms with E-state index in [9.17, 15) is 9.59 Å². The van der Waals surface area contributed by atoms with E-state index in [0.29, 0.717) is 13.0 Å². The zero-order chi connectivity index (χ0) is 9.90. The van der Waals surface area contributed by atoms with E-state index in [0.717, 1.165) is 6.42 Å². The summed E-state index contributed by atoms with van der Waals surface area (Å²) in [4.78, 5) is 21.2. The molecule has 0 radical (unpaired) electrons. The second-order valence-electron chi connectivity index (χ2n) is 3.31. The molecule has 0 aliphatic carbocycles. The first-order valence-corrected chi connectivity index (χ1v) is 4.27. The summed E-state index contributed by atoms with van der Waals surface area (Å²) in [6, 6.07) is 0. The van der Waals surface area contributed by atoms with Crippen molar-refractivity contribution in [2.75, 3.05) is 6.54 Å². The number of carboxylic acids is 2. The fraction of sp³-hybridized carbons (Fsp3) is 0.750. The highest BCUT2D eigenvalue weighted by atomic mass is 16.4. The van der Waals surface area contributed by atoms with E-state index < -0.39 is 17.5 Å². The molecule has 13 heavy (non-hydrogen) atoms. The molecule has 0 aromatic heterocycles. The Morgan fingerprint density at radius 2 is 2.08 bits per heavy atom. The zero-order valence-electron chi connectivity index (χ0n) is 7.25. The average molecular weight is 187 g/mol. The summed E-state index contributed by atoms with van der Waals surface area (Å²) in [5.41, 5.74) is -0.988. The summed E-state index contributed by atoms with van der Waals surface area (Å²) in [5.74, 6) is -1.89. The van der Waals surface area contributed by atoms with E-state index >= 15 is 0 Å². The lowest BCUT2D eigenvalue weighted by Gasteiger charge is -2.23. The molecule has 1 rings (SSSR count). The monoisotopic (exact) mass is 187 g/mol. The van der Waals surface area contributed by atoms with Crippen LogP contribution in [0, 0.1) is 0 Å². The van der Waals surface area contributed by atoms with E-state index in [1.165, 1.54) is 0 Å². The summed E-state index contributed by atoms with van der Waals surface area (Å²) < 4.78 is 0. The van der Waals surface area contributed by atoms with Gasteiger partial charge in [0.2, 0.25) is 0 Å². The molecule has 1 fully saturated rings. The third-order valence-corrected chi connectivity index (χ3v) is 2.42. The number of hydrogen-bond donors (Lipinski definition) is 3. The predicted octanol–water partition coefficient (Wildman–Crippen LogP) is 0.0580. The van der Waals surface area contributed by atoms with Gasteiger partial charge in [-0.3, -0.25) is 9.59 Å². The molecule has 1 heterocycles. The number of aliphatic carboxylic acids is 2. The minimum Gasteiger partial charge on any atom is -0.481 e. The smallest absolute Gasteiger partial charge is 0.323 e. The Morgan fingerprint density at radius 3 is 2.46 bits per heavy atom. The van der Waals surface area contributed by atoms with E-state index in [-0.39, 0.29) is 12.8 Å². The lowest BCUT2D eigenvalue weighted by atomic mass is 9.92. The van der Waals surface area contributed by atoms with Gasteiger partial charge in [0.1, 0.15) is 5.54 Å². The van der Waals surface area contributed by atoms with Crippen LogP contribution in [0.4, 0.5) is 0 Å². The first-order chi connectivity index (χ1) is 6.07. The summed E-state index contributed by atoms with van der Waals surface area (Å²) in [5, 5.41) is 20.2. The molecule has 1 saturated heterocycles. The predicted molar refractivity (Wildman–Crippen MR) is 44.5 cm³/mol. The van der Waals surface area contributed by atoms with Crippen molar-refractivity contribution in [1.82, 2.24) is 5.32 Å². The Labute approximate surface area is 75.7 Å². The zero-order valence-corrected chi connectivity index (χ0v) is 7.25. The van der Waals surface area contributed by atoms with Gasteiger partial charge in [-0.1, -0.05) is 0 Å². The van der Waals surface area contributed by atoms with Crippen molar-refractivity contribution in [1.29, 1.82) is 0 Å². The average Bonchev–Trinajstić information content (AvgIpc) is 2.50. The second kappa shape index (κ2) is 3.74. The Bertz CT molecular complexity index is 220. The molecule has 1 aliphatic rings. The standard InChI is InChI=1S/C8H13NO4/c10-6(11)2-4-8(7(12)13)3-1-5-9-8/h9H,1-5H2,(H,10,11)(H,12,13). The molecular weight excluding hydrogens is 174 g/mol. The van der Waals surface area contributed by atoms with Gasteiger partial charge in [0.05, 0.1) is 0 Å². The largest absolute Gasteiger partial charge is 0.481 e. The highest BCUT2D eigenvalue weighted by Gasteiger charge is 2.40. The van der Waals surface area contributed by atoms with Crippen LogP contribution in [0.3, 0.4) is 0 Å². The number of carbonyl (C=O) groups is 2. The highest BCUT2D eigenvalue weighted by Crippen LogP contribution is 2.24. The molecule has 5 heteroatoms. The molecule has 0 aromatic carbocycles. The van der Waals surface area contributed by atoms with Gasteiger partial charge in [0.15, 0.2) is 0 Å². The molecule has 74 valence electrons. The van der Waals surface area contributed by atoms with Crippen LogP contribution in [0.15, 0.2) is 0 Å². The van der Waals surface area contributed by atoms with Crippen LogP contribution in [-0.2, 0) is 9.59 Å². The first-order valence-electron chi connectivity index (χ1n) is 4.27. The fourth-order valence-electron chi connectivity index (χ4n) is 1.63. The van der Waals surface area contributed by atoms with Crippen molar-refractivity contribution >= 4 is 11.9 Å². The maximum Gasteiger partial charge on any atom is 0.323 e. The maximum absolute atomic E-state index is 10.9. The fourth-order valence-corrected chi connectivity index (χ4v) is 1.63. The normalized spacial score (nSPS) is 27.4. The SMILES string of the molecule is O=C(O)CCC1(C(=O)O)CCCN1. The van der Waals surface area contributed by atoms with E-state index in [2.05, 4.69) is 5.32 Å². The quantitative estimate of drug-likeness (QED) is 0.579. The summed E-state index contributed by atoms with van der Waals surface area (Å²) in [7, 11) is 0. The van der Waals surface area contributed by atoms with Crippen molar-refractivity contribution < 1.29 is 19.8 Å². The van der Waals surface area contributed by atoms with Crippen molar-refractivity contribution in [3.63, 3.8) is 0 Å². The van der Waals surface area contributed by atoms with Crippen molar-refractivity contribution in [2.45, 2.75) is 31.2 Å². The number of rotatable bonds is 4. The molecule has 0 spiro atoms. The lowest BCUT2D eigenvalue weighted by molar-refractivity contribution is -0.145. The molecule has 0 saturated carbocycles.